The molecule has 0 radical (unpaired) electrons. The Morgan fingerprint density at radius 3 is 2.09 bits per heavy atom. The zero-order valence-corrected chi connectivity index (χ0v) is 7.50. The normalized spacial score (nSPS) is 14.5. The van der Waals surface area contributed by atoms with Gasteiger partial charge in [-0.25, -0.2) is 4.79 Å². The van der Waals surface area contributed by atoms with Crippen LogP contribution >= 0.6 is 0 Å². The van der Waals surface area contributed by atoms with Crippen LogP contribution in [0, 0.1) is 0 Å². The van der Waals surface area contributed by atoms with E-state index in [-0.39, 0.29) is 6.61 Å². The van der Waals surface area contributed by atoms with E-state index in [1.54, 1.807) is 0 Å². The fourth-order valence-electron chi connectivity index (χ4n) is 0.784. The number of carbonyl (C=O) groups is 1. The minimum absolute atomic E-state index is 0.249. The summed E-state index contributed by atoms with van der Waals surface area (Å²) in [6.45, 7) is 0.249. The smallest absolute Gasteiger partial charge is 0.365 e. The zero-order valence-electron chi connectivity index (χ0n) is 7.50. The molecule has 0 rings (SSSR count). The molecule has 0 saturated carbocycles. The van der Waals surface area contributed by atoms with Crippen molar-refractivity contribution in [2.24, 2.45) is 0 Å². The SMILES string of the molecule is COCC(C(=O)O)[N+](C)(C)C. The number of ether oxygens (including phenoxy) is 1. The van der Waals surface area contributed by atoms with Gasteiger partial charge >= 0.3 is 5.97 Å². The van der Waals surface area contributed by atoms with Crippen molar-refractivity contribution >= 4 is 5.97 Å². The Balaban J connectivity index is 4.22. The van der Waals surface area contributed by atoms with Gasteiger partial charge in [0.05, 0.1) is 21.1 Å². The molecule has 0 aromatic heterocycles. The van der Waals surface area contributed by atoms with Gasteiger partial charge in [-0.3, -0.25) is 0 Å². The van der Waals surface area contributed by atoms with Crippen molar-refractivity contribution in [3.63, 3.8) is 0 Å². The lowest BCUT2D eigenvalue weighted by Crippen LogP contribution is -2.52. The summed E-state index contributed by atoms with van der Waals surface area (Å²) in [5.41, 5.74) is 0. The number of nitrogens with zero attached hydrogens (tertiary/aromatic N) is 1. The average Bonchev–Trinajstić information content (AvgIpc) is 1.79. The van der Waals surface area contributed by atoms with Crippen LogP contribution in [-0.4, -0.2) is 56.5 Å². The molecule has 0 saturated heterocycles. The van der Waals surface area contributed by atoms with Gasteiger partial charge in [0.25, 0.3) is 0 Å². The first-order chi connectivity index (χ1) is 4.89. The van der Waals surface area contributed by atoms with Gasteiger partial charge in [0, 0.05) is 7.11 Å². The maximum Gasteiger partial charge on any atom is 0.365 e. The second-order valence-electron chi connectivity index (χ2n) is 3.43. The minimum atomic E-state index is -0.820. The monoisotopic (exact) mass is 162 g/mol. The van der Waals surface area contributed by atoms with E-state index in [4.69, 9.17) is 9.84 Å². The number of carboxylic acid groups (broad SMARTS) is 1. The van der Waals surface area contributed by atoms with E-state index in [2.05, 4.69) is 0 Å². The Hall–Kier alpha value is -0.610. The maximum atomic E-state index is 10.6. The molecule has 0 fully saturated rings. The van der Waals surface area contributed by atoms with E-state index in [1.165, 1.54) is 7.11 Å². The van der Waals surface area contributed by atoms with Crippen molar-refractivity contribution in [2.75, 3.05) is 34.9 Å². The Morgan fingerprint density at radius 1 is 1.55 bits per heavy atom. The second kappa shape index (κ2) is 3.69. The molecular formula is C7H16NO3+. The number of quaternary nitrogens is 1. The molecule has 66 valence electrons. The lowest BCUT2D eigenvalue weighted by molar-refractivity contribution is -0.887. The number of rotatable bonds is 4. The number of methoxy groups -OCH3 is 1. The summed E-state index contributed by atoms with van der Waals surface area (Å²) in [5.74, 6) is -0.820. The Labute approximate surface area is 67.0 Å². The van der Waals surface area contributed by atoms with Gasteiger partial charge in [0.15, 0.2) is 0 Å². The number of hydrogen-bond acceptors (Lipinski definition) is 2. The third kappa shape index (κ3) is 3.34. The van der Waals surface area contributed by atoms with Crippen LogP contribution in [0.25, 0.3) is 0 Å². The third-order valence-electron chi connectivity index (χ3n) is 1.54. The van der Waals surface area contributed by atoms with Crippen LogP contribution in [0.5, 0.6) is 0 Å². The lowest BCUT2D eigenvalue weighted by Gasteiger charge is -2.30. The molecule has 0 aliphatic carbocycles. The maximum absolute atomic E-state index is 10.6. The Kier molecular flexibility index (Phi) is 3.48. The zero-order chi connectivity index (χ0) is 9.07. The van der Waals surface area contributed by atoms with Crippen molar-refractivity contribution in [2.45, 2.75) is 6.04 Å². The molecule has 0 aromatic carbocycles. The molecule has 11 heavy (non-hydrogen) atoms. The Bertz CT molecular complexity index is 139. The van der Waals surface area contributed by atoms with Crippen LogP contribution in [0.2, 0.25) is 0 Å². The molecule has 0 aromatic rings. The van der Waals surface area contributed by atoms with Gasteiger partial charge in [0.2, 0.25) is 6.04 Å². The summed E-state index contributed by atoms with van der Waals surface area (Å²) < 4.78 is 5.17. The van der Waals surface area contributed by atoms with E-state index >= 15 is 0 Å². The highest BCUT2D eigenvalue weighted by Crippen LogP contribution is 2.02. The average molecular weight is 162 g/mol. The summed E-state index contributed by atoms with van der Waals surface area (Å²) in [7, 11) is 7.00. The van der Waals surface area contributed by atoms with E-state index in [1.807, 2.05) is 21.1 Å². The summed E-state index contributed by atoms with van der Waals surface area (Å²) >= 11 is 0. The first kappa shape index (κ1) is 10.4. The largest absolute Gasteiger partial charge is 0.477 e. The van der Waals surface area contributed by atoms with Crippen molar-refractivity contribution in [3.8, 4) is 0 Å². The number of aliphatic carboxylic acids is 1. The molecular weight excluding hydrogens is 146 g/mol. The standard InChI is InChI=1S/C7H15NO3/c1-8(2,3)6(5-11-4)7(9)10/h6H,5H2,1-4H3/p+1. The molecule has 1 atom stereocenters. The first-order valence-corrected chi connectivity index (χ1v) is 3.42. The first-order valence-electron chi connectivity index (χ1n) is 3.42. The molecule has 1 N–H and O–H groups in total. The summed E-state index contributed by atoms with van der Waals surface area (Å²) in [6, 6.07) is -0.486. The van der Waals surface area contributed by atoms with Gasteiger partial charge in [-0.05, 0) is 0 Å². The predicted octanol–water partition coefficient (Wildman–Crippen LogP) is -0.208. The van der Waals surface area contributed by atoms with Crippen LogP contribution in [0.4, 0.5) is 0 Å². The highest BCUT2D eigenvalue weighted by molar-refractivity contribution is 5.72. The molecule has 0 aliphatic heterocycles. The van der Waals surface area contributed by atoms with Gasteiger partial charge < -0.3 is 14.3 Å². The second-order valence-corrected chi connectivity index (χ2v) is 3.43. The fourth-order valence-corrected chi connectivity index (χ4v) is 0.784. The number of hydrogen-bond donors (Lipinski definition) is 1. The number of carboxylic acids is 1. The van der Waals surface area contributed by atoms with Crippen molar-refractivity contribution in [1.82, 2.24) is 0 Å². The lowest BCUT2D eigenvalue weighted by atomic mass is 10.2. The van der Waals surface area contributed by atoms with Crippen molar-refractivity contribution in [3.05, 3.63) is 0 Å². The quantitative estimate of drug-likeness (QED) is 0.582. The van der Waals surface area contributed by atoms with Crippen LogP contribution < -0.4 is 0 Å². The molecule has 1 unspecified atom stereocenters. The topological polar surface area (TPSA) is 46.5 Å². The fraction of sp³-hybridized carbons (Fsp3) is 0.857. The van der Waals surface area contributed by atoms with E-state index < -0.39 is 12.0 Å². The highest BCUT2D eigenvalue weighted by Gasteiger charge is 2.30. The molecule has 4 nitrogen and oxygen atoms in total. The molecule has 0 aliphatic rings. The third-order valence-corrected chi connectivity index (χ3v) is 1.54. The van der Waals surface area contributed by atoms with Crippen LogP contribution in [0.3, 0.4) is 0 Å². The summed E-state index contributed by atoms with van der Waals surface area (Å²) in [5, 5.41) is 8.74. The molecule has 0 amide bonds. The number of likely N-dealkylation sites (N-methyl/N-ethyl adjacent to an activating group) is 1. The van der Waals surface area contributed by atoms with Crippen LogP contribution in [0.15, 0.2) is 0 Å². The van der Waals surface area contributed by atoms with E-state index in [0.29, 0.717) is 4.48 Å². The minimum Gasteiger partial charge on any atom is -0.477 e. The van der Waals surface area contributed by atoms with E-state index in [9.17, 15) is 4.79 Å². The van der Waals surface area contributed by atoms with Crippen molar-refractivity contribution < 1.29 is 19.1 Å². The van der Waals surface area contributed by atoms with Gasteiger partial charge in [-0.2, -0.15) is 0 Å². The molecule has 0 heterocycles. The summed E-state index contributed by atoms with van der Waals surface area (Å²) in [4.78, 5) is 10.6. The van der Waals surface area contributed by atoms with Crippen LogP contribution in [0.1, 0.15) is 0 Å². The van der Waals surface area contributed by atoms with Crippen molar-refractivity contribution in [1.29, 1.82) is 0 Å². The highest BCUT2D eigenvalue weighted by atomic mass is 16.5. The molecule has 4 heteroatoms. The van der Waals surface area contributed by atoms with Gasteiger partial charge in [-0.15, -0.1) is 0 Å². The summed E-state index contributed by atoms with van der Waals surface area (Å²) in [6.07, 6.45) is 0. The van der Waals surface area contributed by atoms with Crippen LogP contribution in [-0.2, 0) is 9.53 Å². The Morgan fingerprint density at radius 2 is 2.00 bits per heavy atom. The predicted molar refractivity (Wildman–Crippen MR) is 41.3 cm³/mol. The van der Waals surface area contributed by atoms with Gasteiger partial charge in [-0.1, -0.05) is 0 Å². The molecule has 0 bridgehead atoms. The van der Waals surface area contributed by atoms with E-state index in [0.717, 1.165) is 0 Å². The van der Waals surface area contributed by atoms with Gasteiger partial charge in [0.1, 0.15) is 6.61 Å². The molecule has 0 spiro atoms.